The Kier molecular flexibility index (Phi) is 5.30. The number of carbonyl (C=O) groups is 3. The summed E-state index contributed by atoms with van der Waals surface area (Å²) in [7, 11) is 1.90. The molecule has 1 aromatic carbocycles. The molecular weight excluding hydrogens is 330 g/mol. The van der Waals surface area contributed by atoms with E-state index in [9.17, 15) is 14.4 Å². The summed E-state index contributed by atoms with van der Waals surface area (Å²) in [6, 6.07) is 10.5. The van der Waals surface area contributed by atoms with Gasteiger partial charge >= 0.3 is 0 Å². The van der Waals surface area contributed by atoms with Crippen molar-refractivity contribution in [3.63, 3.8) is 0 Å². The summed E-state index contributed by atoms with van der Waals surface area (Å²) >= 11 is 0. The fraction of sp³-hybridized carbons (Fsp3) is 0.550. The molecule has 140 valence electrons. The maximum Gasteiger partial charge on any atom is 0.241 e. The van der Waals surface area contributed by atoms with Gasteiger partial charge < -0.3 is 15.1 Å². The lowest BCUT2D eigenvalue weighted by Gasteiger charge is -2.37. The highest BCUT2D eigenvalue weighted by Crippen LogP contribution is 2.44. The van der Waals surface area contributed by atoms with E-state index in [2.05, 4.69) is 17.4 Å². The van der Waals surface area contributed by atoms with E-state index in [1.54, 1.807) is 4.90 Å². The maximum absolute atomic E-state index is 12.9. The van der Waals surface area contributed by atoms with Crippen molar-refractivity contribution in [2.75, 3.05) is 26.7 Å². The Bertz CT molecular complexity index is 681. The molecule has 6 heteroatoms. The van der Waals surface area contributed by atoms with Crippen LogP contribution in [0.3, 0.4) is 0 Å². The molecule has 3 amide bonds. The molecule has 1 aromatic rings. The second kappa shape index (κ2) is 7.48. The number of hydrogen-bond donors (Lipinski definition) is 1. The lowest BCUT2D eigenvalue weighted by molar-refractivity contribution is -0.142. The molecule has 0 saturated carbocycles. The minimum absolute atomic E-state index is 0.0345. The van der Waals surface area contributed by atoms with Gasteiger partial charge in [0.05, 0.1) is 12.0 Å². The zero-order chi connectivity index (χ0) is 18.7. The Morgan fingerprint density at radius 3 is 2.46 bits per heavy atom. The third-order valence-electron chi connectivity index (χ3n) is 5.82. The molecule has 3 rings (SSSR count). The molecule has 1 spiro atoms. The molecule has 0 radical (unpaired) electrons. The van der Waals surface area contributed by atoms with Gasteiger partial charge in [0, 0.05) is 33.1 Å². The number of likely N-dealkylation sites (tertiary alicyclic amines) is 2. The zero-order valence-corrected chi connectivity index (χ0v) is 15.5. The van der Waals surface area contributed by atoms with Gasteiger partial charge in [0.1, 0.15) is 0 Å². The van der Waals surface area contributed by atoms with E-state index >= 15 is 0 Å². The van der Waals surface area contributed by atoms with Crippen LogP contribution in [-0.4, -0.2) is 60.2 Å². The molecule has 26 heavy (non-hydrogen) atoms. The molecule has 2 saturated heterocycles. The smallest absolute Gasteiger partial charge is 0.241 e. The van der Waals surface area contributed by atoms with Crippen LogP contribution in [0.1, 0.15) is 31.7 Å². The van der Waals surface area contributed by atoms with Crippen molar-refractivity contribution >= 4 is 17.7 Å². The van der Waals surface area contributed by atoms with Gasteiger partial charge in [-0.05, 0) is 31.2 Å². The first-order valence-electron chi connectivity index (χ1n) is 9.25. The third-order valence-corrected chi connectivity index (χ3v) is 5.82. The molecule has 0 aromatic heterocycles. The Balaban J connectivity index is 1.60. The summed E-state index contributed by atoms with van der Waals surface area (Å²) in [6.45, 7) is 2.59. The number of hydrogen-bond acceptors (Lipinski definition) is 3. The number of rotatable bonds is 4. The first-order chi connectivity index (χ1) is 12.4. The monoisotopic (exact) mass is 357 g/mol. The van der Waals surface area contributed by atoms with Crippen molar-refractivity contribution < 1.29 is 14.4 Å². The number of benzene rings is 1. The van der Waals surface area contributed by atoms with Crippen LogP contribution in [-0.2, 0) is 20.8 Å². The van der Waals surface area contributed by atoms with Crippen LogP contribution in [0.2, 0.25) is 0 Å². The molecular formula is C20H27N3O3. The van der Waals surface area contributed by atoms with Crippen molar-refractivity contribution in [1.82, 2.24) is 15.1 Å². The van der Waals surface area contributed by atoms with Gasteiger partial charge in [-0.15, -0.1) is 0 Å². The van der Waals surface area contributed by atoms with E-state index in [1.807, 2.05) is 30.1 Å². The van der Waals surface area contributed by atoms with Crippen molar-refractivity contribution in [2.24, 2.45) is 5.41 Å². The van der Waals surface area contributed by atoms with Gasteiger partial charge in [-0.2, -0.15) is 0 Å². The van der Waals surface area contributed by atoms with Crippen LogP contribution >= 0.6 is 0 Å². The van der Waals surface area contributed by atoms with E-state index in [-0.39, 0.29) is 35.7 Å². The lowest BCUT2D eigenvalue weighted by atomic mass is 9.75. The van der Waals surface area contributed by atoms with Crippen molar-refractivity contribution in [3.05, 3.63) is 35.9 Å². The Labute approximate surface area is 154 Å². The first kappa shape index (κ1) is 18.4. The highest BCUT2D eigenvalue weighted by Gasteiger charge is 2.51. The predicted octanol–water partition coefficient (Wildman–Crippen LogP) is 1.20. The van der Waals surface area contributed by atoms with Crippen LogP contribution in [0.25, 0.3) is 0 Å². The number of likely N-dealkylation sites (N-methyl/N-ethyl adjacent to an activating group) is 1. The van der Waals surface area contributed by atoms with E-state index < -0.39 is 0 Å². The minimum Gasteiger partial charge on any atom is -0.347 e. The quantitative estimate of drug-likeness (QED) is 0.880. The fourth-order valence-corrected chi connectivity index (χ4v) is 4.22. The Morgan fingerprint density at radius 1 is 1.19 bits per heavy atom. The normalized spacial score (nSPS) is 21.9. The van der Waals surface area contributed by atoms with E-state index in [0.717, 1.165) is 12.8 Å². The number of carbonyl (C=O) groups excluding carboxylic acids is 3. The second-order valence-electron chi connectivity index (χ2n) is 7.53. The third kappa shape index (κ3) is 3.74. The average molecular weight is 357 g/mol. The Hall–Kier alpha value is -2.37. The summed E-state index contributed by atoms with van der Waals surface area (Å²) in [5.41, 5.74) is 0.913. The number of piperidine rings is 1. The standard InChI is InChI=1S/C20H27N3O3/c1-15(24)21-14-18(25)23-10-8-20(9-11-23)13-17(22(2)19(20)26)12-16-6-4-3-5-7-16/h3-7,17H,8-14H2,1-2H3,(H,21,24)/t17-/m0/s1. The van der Waals surface area contributed by atoms with E-state index in [0.29, 0.717) is 25.9 Å². The fourth-order valence-electron chi connectivity index (χ4n) is 4.22. The SMILES string of the molecule is CC(=O)NCC(=O)N1CCC2(CC1)C[C@H](Cc1ccccc1)N(C)C2=O. The summed E-state index contributed by atoms with van der Waals surface area (Å²) in [4.78, 5) is 39.7. The van der Waals surface area contributed by atoms with E-state index in [4.69, 9.17) is 0 Å². The highest BCUT2D eigenvalue weighted by molar-refractivity contribution is 5.87. The van der Waals surface area contributed by atoms with Gasteiger partial charge in [-0.1, -0.05) is 30.3 Å². The first-order valence-corrected chi connectivity index (χ1v) is 9.25. The van der Waals surface area contributed by atoms with Gasteiger partial charge in [0.25, 0.3) is 0 Å². The molecule has 0 bridgehead atoms. The summed E-state index contributed by atoms with van der Waals surface area (Å²) in [5, 5.41) is 2.55. The van der Waals surface area contributed by atoms with Crippen LogP contribution in [0.5, 0.6) is 0 Å². The number of nitrogens with zero attached hydrogens (tertiary/aromatic N) is 2. The van der Waals surface area contributed by atoms with Crippen LogP contribution in [0.15, 0.2) is 30.3 Å². The summed E-state index contributed by atoms with van der Waals surface area (Å²) in [5.74, 6) is -0.0646. The molecule has 0 unspecified atom stereocenters. The molecule has 0 aliphatic carbocycles. The van der Waals surface area contributed by atoms with Crippen LogP contribution < -0.4 is 5.32 Å². The zero-order valence-electron chi connectivity index (χ0n) is 15.5. The average Bonchev–Trinajstić information content (AvgIpc) is 2.86. The molecule has 2 fully saturated rings. The molecule has 1 atom stereocenters. The summed E-state index contributed by atoms with van der Waals surface area (Å²) in [6.07, 6.45) is 3.13. The van der Waals surface area contributed by atoms with Crippen molar-refractivity contribution in [3.8, 4) is 0 Å². The molecule has 2 aliphatic rings. The molecule has 2 aliphatic heterocycles. The van der Waals surface area contributed by atoms with Gasteiger partial charge in [-0.25, -0.2) is 0 Å². The lowest BCUT2D eigenvalue weighted by Crippen LogP contribution is -2.48. The molecule has 1 N–H and O–H groups in total. The second-order valence-corrected chi connectivity index (χ2v) is 7.53. The number of nitrogens with one attached hydrogen (secondary N) is 1. The summed E-state index contributed by atoms with van der Waals surface area (Å²) < 4.78 is 0. The van der Waals surface area contributed by atoms with Crippen molar-refractivity contribution in [1.29, 1.82) is 0 Å². The van der Waals surface area contributed by atoms with Crippen LogP contribution in [0, 0.1) is 5.41 Å². The van der Waals surface area contributed by atoms with Crippen LogP contribution in [0.4, 0.5) is 0 Å². The molecule has 6 nitrogen and oxygen atoms in total. The van der Waals surface area contributed by atoms with Gasteiger partial charge in [0.2, 0.25) is 17.7 Å². The topological polar surface area (TPSA) is 69.7 Å². The van der Waals surface area contributed by atoms with Gasteiger partial charge in [0.15, 0.2) is 0 Å². The molecule has 2 heterocycles. The maximum atomic E-state index is 12.9. The largest absolute Gasteiger partial charge is 0.347 e. The minimum atomic E-state index is -0.334. The number of amides is 3. The van der Waals surface area contributed by atoms with Gasteiger partial charge in [-0.3, -0.25) is 14.4 Å². The van der Waals surface area contributed by atoms with Crippen molar-refractivity contribution in [2.45, 2.75) is 38.6 Å². The Morgan fingerprint density at radius 2 is 1.85 bits per heavy atom. The van der Waals surface area contributed by atoms with E-state index in [1.165, 1.54) is 12.5 Å². The predicted molar refractivity (Wildman–Crippen MR) is 98.3 cm³/mol. The highest BCUT2D eigenvalue weighted by atomic mass is 16.2.